The zero-order chi connectivity index (χ0) is 18.2. The zero-order valence-corrected chi connectivity index (χ0v) is 14.2. The van der Waals surface area contributed by atoms with E-state index in [2.05, 4.69) is 10.3 Å². The first-order valence-electron chi connectivity index (χ1n) is 8.01. The molecule has 0 fully saturated rings. The Hall–Kier alpha value is -2.70. The van der Waals surface area contributed by atoms with E-state index in [4.69, 9.17) is 4.74 Å². The van der Waals surface area contributed by atoms with E-state index in [0.717, 1.165) is 24.1 Å². The Kier molecular flexibility index (Phi) is 6.68. The van der Waals surface area contributed by atoms with Gasteiger partial charge in [0.15, 0.2) is 11.6 Å². The number of halogens is 2. The number of nitrogens with one attached hydrogen (secondary N) is 1. The molecule has 1 atom stereocenters. The number of nitrogens with zero attached hydrogens (tertiary/aromatic N) is 2. The van der Waals surface area contributed by atoms with E-state index >= 15 is 0 Å². The summed E-state index contributed by atoms with van der Waals surface area (Å²) in [5.41, 5.74) is 1.01. The third kappa shape index (κ3) is 5.14. The van der Waals surface area contributed by atoms with Crippen molar-refractivity contribution in [3.05, 3.63) is 59.9 Å². The molecule has 1 aromatic carbocycles. The van der Waals surface area contributed by atoms with Gasteiger partial charge in [-0.05, 0) is 36.2 Å². The van der Waals surface area contributed by atoms with Crippen LogP contribution in [0.25, 0.3) is 0 Å². The summed E-state index contributed by atoms with van der Waals surface area (Å²) in [5, 5.41) is 2.74. The lowest BCUT2D eigenvalue weighted by atomic mass is 10.1. The molecule has 0 aliphatic carbocycles. The molecular formula is C18H21F2N3O2. The molecule has 1 aromatic heterocycles. The summed E-state index contributed by atoms with van der Waals surface area (Å²) in [5.74, 6) is -1.68. The van der Waals surface area contributed by atoms with Crippen molar-refractivity contribution in [1.82, 2.24) is 15.2 Å². The van der Waals surface area contributed by atoms with Gasteiger partial charge in [-0.3, -0.25) is 4.98 Å². The number of carbonyl (C=O) groups excluding carboxylic acids is 1. The number of hydrogen-bond acceptors (Lipinski definition) is 3. The molecule has 2 amide bonds. The molecule has 0 radical (unpaired) electrons. The first-order chi connectivity index (χ1) is 12.0. The number of urea groups is 1. The lowest BCUT2D eigenvalue weighted by Gasteiger charge is -2.27. The number of aromatic nitrogens is 1. The Morgan fingerprint density at radius 2 is 1.96 bits per heavy atom. The van der Waals surface area contributed by atoms with Crippen LogP contribution in [0.5, 0.6) is 5.75 Å². The number of hydrogen-bond donors (Lipinski definition) is 1. The fourth-order valence-electron chi connectivity index (χ4n) is 2.48. The van der Waals surface area contributed by atoms with E-state index < -0.39 is 11.6 Å². The molecule has 25 heavy (non-hydrogen) atoms. The molecule has 0 saturated heterocycles. The molecule has 7 heteroatoms. The molecule has 1 heterocycles. The van der Waals surface area contributed by atoms with Crippen molar-refractivity contribution < 1.29 is 18.3 Å². The van der Waals surface area contributed by atoms with Crippen LogP contribution in [0.4, 0.5) is 13.6 Å². The van der Waals surface area contributed by atoms with Crippen molar-refractivity contribution >= 4 is 6.03 Å². The quantitative estimate of drug-likeness (QED) is 0.778. The molecule has 0 spiro atoms. The summed E-state index contributed by atoms with van der Waals surface area (Å²) in [6.45, 7) is 2.40. The number of pyridine rings is 1. The first kappa shape index (κ1) is 18.6. The maximum absolute atomic E-state index is 13.1. The Bertz CT molecular complexity index is 698. The highest BCUT2D eigenvalue weighted by Gasteiger charge is 2.19. The molecule has 0 saturated carbocycles. The lowest BCUT2D eigenvalue weighted by Crippen LogP contribution is -2.41. The molecule has 0 bridgehead atoms. The number of benzene rings is 1. The summed E-state index contributed by atoms with van der Waals surface area (Å²) >= 11 is 0. The average Bonchev–Trinajstić information content (AvgIpc) is 2.63. The minimum Gasteiger partial charge on any atom is -0.492 e. The van der Waals surface area contributed by atoms with E-state index in [1.807, 2.05) is 19.1 Å². The standard InChI is InChI=1S/C18H21F2N3O2/c1-3-17(13-6-8-21-9-7-13)23(2)18(24)22-10-11-25-14-4-5-15(19)16(20)12-14/h4-9,12,17H,3,10-11H2,1-2H3,(H,22,24)/t17-/m1/s1. The van der Waals surface area contributed by atoms with Gasteiger partial charge in [0.1, 0.15) is 12.4 Å². The summed E-state index contributed by atoms with van der Waals surface area (Å²) in [4.78, 5) is 17.9. The SMILES string of the molecule is CC[C@H](c1ccncc1)N(C)C(=O)NCCOc1ccc(F)c(F)c1. The highest BCUT2D eigenvalue weighted by Crippen LogP contribution is 2.22. The molecule has 0 aliphatic heterocycles. The van der Waals surface area contributed by atoms with Gasteiger partial charge in [0.2, 0.25) is 0 Å². The Morgan fingerprint density at radius 1 is 1.24 bits per heavy atom. The molecular weight excluding hydrogens is 328 g/mol. The van der Waals surface area contributed by atoms with Crippen LogP contribution in [-0.4, -0.2) is 36.1 Å². The van der Waals surface area contributed by atoms with E-state index in [9.17, 15) is 13.6 Å². The van der Waals surface area contributed by atoms with Gasteiger partial charge in [0.25, 0.3) is 0 Å². The molecule has 5 nitrogen and oxygen atoms in total. The van der Waals surface area contributed by atoms with Crippen LogP contribution in [0.2, 0.25) is 0 Å². The van der Waals surface area contributed by atoms with E-state index in [0.29, 0.717) is 0 Å². The monoisotopic (exact) mass is 349 g/mol. The van der Waals surface area contributed by atoms with Crippen molar-refractivity contribution in [2.24, 2.45) is 0 Å². The van der Waals surface area contributed by atoms with Crippen molar-refractivity contribution in [2.45, 2.75) is 19.4 Å². The predicted octanol–water partition coefficient (Wildman–Crippen LogP) is 3.53. The molecule has 1 N–H and O–H groups in total. The topological polar surface area (TPSA) is 54.5 Å². The van der Waals surface area contributed by atoms with Crippen molar-refractivity contribution in [3.63, 3.8) is 0 Å². The number of rotatable bonds is 7. The van der Waals surface area contributed by atoms with Gasteiger partial charge in [0.05, 0.1) is 12.6 Å². The normalized spacial score (nSPS) is 11.7. The number of carbonyl (C=O) groups is 1. The molecule has 134 valence electrons. The van der Waals surface area contributed by atoms with Gasteiger partial charge < -0.3 is 15.0 Å². The third-order valence-electron chi connectivity index (χ3n) is 3.80. The van der Waals surface area contributed by atoms with Gasteiger partial charge >= 0.3 is 6.03 Å². The first-order valence-corrected chi connectivity index (χ1v) is 8.01. The largest absolute Gasteiger partial charge is 0.492 e. The van der Waals surface area contributed by atoms with Crippen molar-refractivity contribution in [2.75, 3.05) is 20.2 Å². The summed E-state index contributed by atoms with van der Waals surface area (Å²) in [7, 11) is 1.72. The zero-order valence-electron chi connectivity index (χ0n) is 14.2. The highest BCUT2D eigenvalue weighted by atomic mass is 19.2. The van der Waals surface area contributed by atoms with Gasteiger partial charge in [-0.1, -0.05) is 6.92 Å². The van der Waals surface area contributed by atoms with Crippen LogP contribution in [0.15, 0.2) is 42.7 Å². The Balaban J connectivity index is 1.81. The summed E-state index contributed by atoms with van der Waals surface area (Å²) in [6.07, 6.45) is 4.15. The minimum atomic E-state index is -0.968. The van der Waals surface area contributed by atoms with Crippen LogP contribution in [0, 0.1) is 11.6 Å². The average molecular weight is 349 g/mol. The lowest BCUT2D eigenvalue weighted by molar-refractivity contribution is 0.186. The maximum Gasteiger partial charge on any atom is 0.317 e. The minimum absolute atomic E-state index is 0.0601. The molecule has 2 rings (SSSR count). The van der Waals surface area contributed by atoms with Gasteiger partial charge in [-0.15, -0.1) is 0 Å². The predicted molar refractivity (Wildman–Crippen MR) is 90.3 cm³/mol. The number of amides is 2. The van der Waals surface area contributed by atoms with Crippen molar-refractivity contribution in [3.8, 4) is 5.75 Å². The Morgan fingerprint density at radius 3 is 2.60 bits per heavy atom. The molecule has 0 unspecified atom stereocenters. The fourth-order valence-corrected chi connectivity index (χ4v) is 2.48. The fraction of sp³-hybridized carbons (Fsp3) is 0.333. The van der Waals surface area contributed by atoms with Crippen molar-refractivity contribution in [1.29, 1.82) is 0 Å². The van der Waals surface area contributed by atoms with E-state index in [1.165, 1.54) is 6.07 Å². The van der Waals surface area contributed by atoms with Crippen LogP contribution in [0.1, 0.15) is 24.9 Å². The summed E-state index contributed by atoms with van der Waals surface area (Å²) in [6, 6.07) is 6.77. The van der Waals surface area contributed by atoms with Gasteiger partial charge in [0, 0.05) is 25.5 Å². The van der Waals surface area contributed by atoms with Crippen LogP contribution in [0.3, 0.4) is 0 Å². The summed E-state index contributed by atoms with van der Waals surface area (Å²) < 4.78 is 31.2. The van der Waals surface area contributed by atoms with Crippen LogP contribution >= 0.6 is 0 Å². The third-order valence-corrected chi connectivity index (χ3v) is 3.80. The number of ether oxygens (including phenoxy) is 1. The van der Waals surface area contributed by atoms with Gasteiger partial charge in [-0.25, -0.2) is 13.6 Å². The molecule has 2 aromatic rings. The maximum atomic E-state index is 13.1. The van der Waals surface area contributed by atoms with E-state index in [-0.39, 0.29) is 31.0 Å². The van der Waals surface area contributed by atoms with Crippen LogP contribution < -0.4 is 10.1 Å². The van der Waals surface area contributed by atoms with E-state index in [1.54, 1.807) is 24.3 Å². The smallest absolute Gasteiger partial charge is 0.317 e. The highest BCUT2D eigenvalue weighted by molar-refractivity contribution is 5.74. The Labute approximate surface area is 145 Å². The van der Waals surface area contributed by atoms with Gasteiger partial charge in [-0.2, -0.15) is 0 Å². The van der Waals surface area contributed by atoms with Crippen LogP contribution in [-0.2, 0) is 0 Å². The second-order valence-corrected chi connectivity index (χ2v) is 5.47. The second-order valence-electron chi connectivity index (χ2n) is 5.47. The molecule has 0 aliphatic rings. The second kappa shape index (κ2) is 8.96.